The number of carbonyl (C=O) groups excluding carboxylic acids is 1. The summed E-state index contributed by atoms with van der Waals surface area (Å²) in [5, 5.41) is 2.89. The molecule has 1 unspecified atom stereocenters. The molecule has 0 fully saturated rings. The van der Waals surface area contributed by atoms with Gasteiger partial charge < -0.3 is 15.6 Å². The smallest absolute Gasteiger partial charge is 0.221 e. The molecule has 2 aromatic carbocycles. The molecule has 1 aromatic heterocycles. The quantitative estimate of drug-likeness (QED) is 0.732. The summed E-state index contributed by atoms with van der Waals surface area (Å²) in [6.07, 6.45) is 2.22. The largest absolute Gasteiger partial charge is 0.352 e. The molecule has 0 aliphatic rings. The molecule has 1 atom stereocenters. The zero-order valence-corrected chi connectivity index (χ0v) is 13.8. The normalized spacial score (nSPS) is 12.2. The Balaban J connectivity index is 1.61. The molecule has 0 aliphatic carbocycles. The molecule has 0 bridgehead atoms. The van der Waals surface area contributed by atoms with Crippen LogP contribution >= 0.6 is 0 Å². The molecule has 0 saturated carbocycles. The molecule has 5 heteroatoms. The summed E-state index contributed by atoms with van der Waals surface area (Å²) >= 11 is 0. The number of amides is 1. The molecule has 3 N–H and O–H groups in total. The van der Waals surface area contributed by atoms with Gasteiger partial charge in [-0.1, -0.05) is 36.4 Å². The second-order valence-corrected chi connectivity index (χ2v) is 6.14. The van der Waals surface area contributed by atoms with Gasteiger partial charge in [0.25, 0.3) is 0 Å². The Morgan fingerprint density at radius 3 is 2.62 bits per heavy atom. The summed E-state index contributed by atoms with van der Waals surface area (Å²) in [7, 11) is 0. The highest BCUT2D eigenvalue weighted by Gasteiger charge is 2.05. The third kappa shape index (κ3) is 4.00. The van der Waals surface area contributed by atoms with E-state index in [0.29, 0.717) is 13.0 Å². The maximum absolute atomic E-state index is 11.6. The van der Waals surface area contributed by atoms with Gasteiger partial charge in [0, 0.05) is 25.6 Å². The van der Waals surface area contributed by atoms with E-state index in [4.69, 9.17) is 5.73 Å². The fraction of sp³-hybridized carbons (Fsp3) is 0.263. The number of fused-ring (bicyclic) bond motifs is 1. The van der Waals surface area contributed by atoms with Crippen LogP contribution in [0.25, 0.3) is 11.0 Å². The molecular formula is C19H22N4O. The Morgan fingerprint density at radius 2 is 1.88 bits per heavy atom. The summed E-state index contributed by atoms with van der Waals surface area (Å²) in [5.74, 6) is -0.0149. The van der Waals surface area contributed by atoms with Crippen molar-refractivity contribution in [3.8, 4) is 0 Å². The minimum Gasteiger partial charge on any atom is -0.352 e. The highest BCUT2D eigenvalue weighted by Crippen LogP contribution is 2.14. The Kier molecular flexibility index (Phi) is 4.91. The molecule has 3 aromatic rings. The summed E-state index contributed by atoms with van der Waals surface area (Å²) in [6.45, 7) is 3.13. The van der Waals surface area contributed by atoms with Gasteiger partial charge >= 0.3 is 0 Å². The Hall–Kier alpha value is -2.66. The maximum atomic E-state index is 11.6. The number of nitrogens with two attached hydrogens (primary N) is 1. The SMILES string of the molecule is CC(N)CC(=O)NCc1ccc(Cn2cnc3ccccc32)cc1. The molecule has 24 heavy (non-hydrogen) atoms. The van der Waals surface area contributed by atoms with E-state index in [1.54, 1.807) is 0 Å². The van der Waals surface area contributed by atoms with Gasteiger partial charge in [0.1, 0.15) is 0 Å². The minimum atomic E-state index is -0.114. The molecule has 0 aliphatic heterocycles. The first kappa shape index (κ1) is 16.2. The van der Waals surface area contributed by atoms with E-state index in [9.17, 15) is 4.79 Å². The minimum absolute atomic E-state index is 0.0149. The third-order valence-corrected chi connectivity index (χ3v) is 3.90. The molecule has 1 amide bonds. The molecule has 0 spiro atoms. The number of nitrogens with zero attached hydrogens (tertiary/aromatic N) is 2. The number of para-hydroxylation sites is 2. The lowest BCUT2D eigenvalue weighted by atomic mass is 10.1. The fourth-order valence-electron chi connectivity index (χ4n) is 2.66. The van der Waals surface area contributed by atoms with Gasteiger partial charge in [-0.25, -0.2) is 4.98 Å². The highest BCUT2D eigenvalue weighted by atomic mass is 16.1. The molecule has 5 nitrogen and oxygen atoms in total. The first-order valence-corrected chi connectivity index (χ1v) is 8.12. The van der Waals surface area contributed by atoms with Crippen molar-refractivity contribution in [3.05, 3.63) is 66.0 Å². The van der Waals surface area contributed by atoms with Gasteiger partial charge in [-0.3, -0.25) is 4.79 Å². The maximum Gasteiger partial charge on any atom is 0.221 e. The number of hydrogen-bond acceptors (Lipinski definition) is 3. The van der Waals surface area contributed by atoms with Crippen molar-refractivity contribution >= 4 is 16.9 Å². The molecule has 0 saturated heterocycles. The molecule has 0 radical (unpaired) electrons. The van der Waals surface area contributed by atoms with Crippen molar-refractivity contribution < 1.29 is 4.79 Å². The van der Waals surface area contributed by atoms with Crippen molar-refractivity contribution in [1.82, 2.24) is 14.9 Å². The number of rotatable bonds is 6. The van der Waals surface area contributed by atoms with Gasteiger partial charge in [0.2, 0.25) is 5.91 Å². The number of carbonyl (C=O) groups is 1. The Labute approximate surface area is 141 Å². The molecule has 124 valence electrons. The standard InChI is InChI=1S/C19H22N4O/c1-14(20)10-19(24)21-11-15-6-8-16(9-7-15)12-23-13-22-17-4-2-3-5-18(17)23/h2-9,13-14H,10-12,20H2,1H3,(H,21,24). The zero-order valence-electron chi connectivity index (χ0n) is 13.8. The van der Waals surface area contributed by atoms with Crippen LogP contribution in [-0.2, 0) is 17.9 Å². The summed E-state index contributed by atoms with van der Waals surface area (Å²) in [4.78, 5) is 16.0. The first-order valence-electron chi connectivity index (χ1n) is 8.12. The molecular weight excluding hydrogens is 300 g/mol. The number of nitrogens with one attached hydrogen (secondary N) is 1. The second-order valence-electron chi connectivity index (χ2n) is 6.14. The highest BCUT2D eigenvalue weighted by molar-refractivity contribution is 5.76. The van der Waals surface area contributed by atoms with E-state index < -0.39 is 0 Å². The first-order chi connectivity index (χ1) is 11.6. The summed E-state index contributed by atoms with van der Waals surface area (Å²) in [5.41, 5.74) is 10.0. The lowest BCUT2D eigenvalue weighted by Gasteiger charge is -2.09. The predicted octanol–water partition coefficient (Wildman–Crippen LogP) is 2.44. The lowest BCUT2D eigenvalue weighted by Crippen LogP contribution is -2.29. The lowest BCUT2D eigenvalue weighted by molar-refractivity contribution is -0.121. The summed E-state index contributed by atoms with van der Waals surface area (Å²) < 4.78 is 2.13. The van der Waals surface area contributed by atoms with Crippen LogP contribution < -0.4 is 11.1 Å². The number of benzene rings is 2. The van der Waals surface area contributed by atoms with Crippen molar-refractivity contribution in [1.29, 1.82) is 0 Å². The van der Waals surface area contributed by atoms with E-state index in [0.717, 1.165) is 23.1 Å². The topological polar surface area (TPSA) is 72.9 Å². The van der Waals surface area contributed by atoms with Crippen LogP contribution in [-0.4, -0.2) is 21.5 Å². The Morgan fingerprint density at radius 1 is 1.17 bits per heavy atom. The van der Waals surface area contributed by atoms with E-state index in [-0.39, 0.29) is 11.9 Å². The fourth-order valence-corrected chi connectivity index (χ4v) is 2.66. The number of hydrogen-bond donors (Lipinski definition) is 2. The van der Waals surface area contributed by atoms with Gasteiger partial charge in [-0.05, 0) is 30.2 Å². The second kappa shape index (κ2) is 7.27. The van der Waals surface area contributed by atoms with E-state index >= 15 is 0 Å². The number of imidazole rings is 1. The monoisotopic (exact) mass is 322 g/mol. The summed E-state index contributed by atoms with van der Waals surface area (Å²) in [6, 6.07) is 16.2. The van der Waals surface area contributed by atoms with Crippen LogP contribution in [0, 0.1) is 0 Å². The van der Waals surface area contributed by atoms with Crippen LogP contribution in [0.1, 0.15) is 24.5 Å². The van der Waals surface area contributed by atoms with Crippen molar-refractivity contribution in [2.24, 2.45) is 5.73 Å². The Bertz CT molecular complexity index is 821. The average Bonchev–Trinajstić information content (AvgIpc) is 2.97. The van der Waals surface area contributed by atoms with Gasteiger partial charge in [0.15, 0.2) is 0 Å². The molecule has 1 heterocycles. The van der Waals surface area contributed by atoms with E-state index in [1.807, 2.05) is 43.6 Å². The van der Waals surface area contributed by atoms with Crippen molar-refractivity contribution in [2.75, 3.05) is 0 Å². The van der Waals surface area contributed by atoms with Crippen LogP contribution in [0.5, 0.6) is 0 Å². The van der Waals surface area contributed by atoms with Gasteiger partial charge in [-0.15, -0.1) is 0 Å². The number of aromatic nitrogens is 2. The van der Waals surface area contributed by atoms with E-state index in [1.165, 1.54) is 5.56 Å². The predicted molar refractivity (Wildman–Crippen MR) is 95.4 cm³/mol. The van der Waals surface area contributed by atoms with Gasteiger partial charge in [-0.2, -0.15) is 0 Å². The van der Waals surface area contributed by atoms with Gasteiger partial charge in [0.05, 0.1) is 17.4 Å². The van der Waals surface area contributed by atoms with Crippen LogP contribution in [0.3, 0.4) is 0 Å². The van der Waals surface area contributed by atoms with Crippen LogP contribution in [0.4, 0.5) is 0 Å². The average molecular weight is 322 g/mol. The van der Waals surface area contributed by atoms with Crippen molar-refractivity contribution in [3.63, 3.8) is 0 Å². The zero-order chi connectivity index (χ0) is 16.9. The van der Waals surface area contributed by atoms with Crippen LogP contribution in [0.15, 0.2) is 54.9 Å². The van der Waals surface area contributed by atoms with Crippen LogP contribution in [0.2, 0.25) is 0 Å². The third-order valence-electron chi connectivity index (χ3n) is 3.90. The van der Waals surface area contributed by atoms with E-state index in [2.05, 4.69) is 33.1 Å². The molecule has 3 rings (SSSR count). The van der Waals surface area contributed by atoms with Crippen molar-refractivity contribution in [2.45, 2.75) is 32.5 Å².